The van der Waals surface area contributed by atoms with E-state index in [-0.39, 0.29) is 31.8 Å². The number of aliphatic carboxylic acids is 1. The zero-order valence-electron chi connectivity index (χ0n) is 9.99. The van der Waals surface area contributed by atoms with Crippen LogP contribution in [0, 0.1) is 5.41 Å². The molecule has 6 heteroatoms. The van der Waals surface area contributed by atoms with Crippen LogP contribution in [0.2, 0.25) is 10.0 Å². The molecule has 0 amide bonds. The summed E-state index contributed by atoms with van der Waals surface area (Å²) < 4.78 is 5.18. The lowest BCUT2D eigenvalue weighted by Crippen LogP contribution is -2.48. The molecule has 1 aromatic carbocycles. The fourth-order valence-electron chi connectivity index (χ4n) is 2.14. The first-order chi connectivity index (χ1) is 8.95. The van der Waals surface area contributed by atoms with Crippen LogP contribution in [0.5, 0.6) is 0 Å². The summed E-state index contributed by atoms with van der Waals surface area (Å²) >= 11 is 11.9. The number of halogens is 2. The van der Waals surface area contributed by atoms with Crippen molar-refractivity contribution in [3.8, 4) is 0 Å². The molecule has 1 unspecified atom stereocenters. The van der Waals surface area contributed by atoms with Crippen molar-refractivity contribution in [2.75, 3.05) is 13.2 Å². The van der Waals surface area contributed by atoms with Gasteiger partial charge in [-0.1, -0.05) is 23.2 Å². The van der Waals surface area contributed by atoms with Crippen molar-refractivity contribution in [3.05, 3.63) is 33.8 Å². The monoisotopic (exact) mass is 302 g/mol. The summed E-state index contributed by atoms with van der Waals surface area (Å²) in [6, 6.07) is 4.78. The molecule has 1 atom stereocenters. The fourth-order valence-corrected chi connectivity index (χ4v) is 2.52. The second kappa shape index (κ2) is 5.49. The van der Waals surface area contributed by atoms with Crippen LogP contribution in [-0.2, 0) is 20.7 Å². The lowest BCUT2D eigenvalue weighted by Gasteiger charge is -2.31. The highest BCUT2D eigenvalue weighted by atomic mass is 35.5. The predicted octanol–water partition coefficient (Wildman–Crippen LogP) is 2.60. The average Bonchev–Trinajstić information content (AvgIpc) is 2.36. The number of Topliss-reactive ketones (excluding diaryl/α,β-unsaturated/α-hetero) is 1. The minimum atomic E-state index is -1.56. The first-order valence-corrected chi connectivity index (χ1v) is 6.50. The number of carboxylic acid groups (broad SMARTS) is 1. The number of rotatable bonds is 3. The molecule has 0 radical (unpaired) electrons. The number of hydrogen-bond donors (Lipinski definition) is 1. The molecule has 2 rings (SSSR count). The van der Waals surface area contributed by atoms with Crippen LogP contribution in [-0.4, -0.2) is 30.1 Å². The van der Waals surface area contributed by atoms with Gasteiger partial charge in [-0.25, -0.2) is 0 Å². The maximum Gasteiger partial charge on any atom is 0.319 e. The molecule has 1 aliphatic heterocycles. The highest BCUT2D eigenvalue weighted by Crippen LogP contribution is 2.33. The smallest absolute Gasteiger partial charge is 0.319 e. The molecular weight excluding hydrogens is 291 g/mol. The summed E-state index contributed by atoms with van der Waals surface area (Å²) in [5.74, 6) is -1.52. The molecule has 19 heavy (non-hydrogen) atoms. The van der Waals surface area contributed by atoms with E-state index in [1.165, 1.54) is 0 Å². The number of ether oxygens (including phenoxy) is 1. The van der Waals surface area contributed by atoms with Crippen LogP contribution in [0.3, 0.4) is 0 Å². The first-order valence-electron chi connectivity index (χ1n) is 5.74. The summed E-state index contributed by atoms with van der Waals surface area (Å²) in [5, 5.41) is 10.2. The van der Waals surface area contributed by atoms with Gasteiger partial charge in [0.1, 0.15) is 0 Å². The Bertz CT molecular complexity index is 529. The Hall–Kier alpha value is -1.10. The number of carbonyl (C=O) groups is 2. The van der Waals surface area contributed by atoms with E-state index in [0.29, 0.717) is 15.6 Å². The van der Waals surface area contributed by atoms with Crippen LogP contribution in [0.25, 0.3) is 0 Å². The van der Waals surface area contributed by atoms with Gasteiger partial charge < -0.3 is 9.84 Å². The number of carbonyl (C=O) groups excluding carboxylic acids is 1. The van der Waals surface area contributed by atoms with Gasteiger partial charge in [-0.15, -0.1) is 0 Å². The molecular formula is C13H12Cl2O4. The zero-order valence-corrected chi connectivity index (χ0v) is 11.5. The van der Waals surface area contributed by atoms with Crippen LogP contribution in [0.15, 0.2) is 18.2 Å². The van der Waals surface area contributed by atoms with E-state index in [0.717, 1.165) is 0 Å². The van der Waals surface area contributed by atoms with Gasteiger partial charge in [0.25, 0.3) is 0 Å². The lowest BCUT2D eigenvalue weighted by atomic mass is 9.76. The Balaban J connectivity index is 2.38. The number of carboxylic acids is 1. The van der Waals surface area contributed by atoms with Crippen molar-refractivity contribution >= 4 is 35.0 Å². The van der Waals surface area contributed by atoms with Crippen LogP contribution in [0.4, 0.5) is 0 Å². The third-order valence-corrected chi connectivity index (χ3v) is 3.87. The quantitative estimate of drug-likeness (QED) is 0.872. The van der Waals surface area contributed by atoms with Gasteiger partial charge in [0.2, 0.25) is 0 Å². The van der Waals surface area contributed by atoms with Gasteiger partial charge in [0, 0.05) is 16.5 Å². The van der Waals surface area contributed by atoms with Gasteiger partial charge in [-0.2, -0.15) is 0 Å². The van der Waals surface area contributed by atoms with Crippen LogP contribution in [0.1, 0.15) is 12.0 Å². The molecule has 0 aliphatic carbocycles. The Morgan fingerprint density at radius 2 is 2.16 bits per heavy atom. The standard InChI is InChI=1S/C13H12Cl2O4/c14-9-1-2-10(15)8(5-9)6-13(12(17)18)7-19-4-3-11(13)16/h1-2,5H,3-4,6-7H2,(H,17,18). The summed E-state index contributed by atoms with van der Waals surface area (Å²) in [6.07, 6.45) is 0.0883. The molecule has 0 bridgehead atoms. The maximum atomic E-state index is 12.0. The highest BCUT2D eigenvalue weighted by Gasteiger charge is 2.48. The molecule has 102 valence electrons. The van der Waals surface area contributed by atoms with E-state index in [9.17, 15) is 14.7 Å². The van der Waals surface area contributed by atoms with E-state index >= 15 is 0 Å². The molecule has 1 N–H and O–H groups in total. The van der Waals surface area contributed by atoms with E-state index in [4.69, 9.17) is 27.9 Å². The van der Waals surface area contributed by atoms with Gasteiger partial charge >= 0.3 is 5.97 Å². The third kappa shape index (κ3) is 2.76. The molecule has 1 aromatic rings. The van der Waals surface area contributed by atoms with Crippen molar-refractivity contribution in [2.24, 2.45) is 5.41 Å². The lowest BCUT2D eigenvalue weighted by molar-refractivity contribution is -0.164. The van der Waals surface area contributed by atoms with E-state index in [1.807, 2.05) is 0 Å². The van der Waals surface area contributed by atoms with E-state index in [1.54, 1.807) is 18.2 Å². The van der Waals surface area contributed by atoms with Gasteiger partial charge in [-0.05, 0) is 30.2 Å². The van der Waals surface area contributed by atoms with Crippen molar-refractivity contribution in [1.29, 1.82) is 0 Å². The summed E-state index contributed by atoms with van der Waals surface area (Å²) in [7, 11) is 0. The highest BCUT2D eigenvalue weighted by molar-refractivity contribution is 6.33. The maximum absolute atomic E-state index is 12.0. The van der Waals surface area contributed by atoms with E-state index in [2.05, 4.69) is 0 Å². The van der Waals surface area contributed by atoms with Crippen molar-refractivity contribution in [2.45, 2.75) is 12.8 Å². The normalized spacial score (nSPS) is 23.4. The first kappa shape index (κ1) is 14.3. The molecule has 0 aromatic heterocycles. The molecule has 4 nitrogen and oxygen atoms in total. The largest absolute Gasteiger partial charge is 0.480 e. The summed E-state index contributed by atoms with van der Waals surface area (Å²) in [6.45, 7) is 0.126. The van der Waals surface area contributed by atoms with Crippen molar-refractivity contribution in [1.82, 2.24) is 0 Å². The third-order valence-electron chi connectivity index (χ3n) is 3.27. The minimum Gasteiger partial charge on any atom is -0.480 e. The van der Waals surface area contributed by atoms with Gasteiger partial charge in [0.15, 0.2) is 11.2 Å². The molecule has 0 spiro atoms. The van der Waals surface area contributed by atoms with Crippen LogP contribution >= 0.6 is 23.2 Å². The summed E-state index contributed by atoms with van der Waals surface area (Å²) in [5.41, 5.74) is -1.03. The van der Waals surface area contributed by atoms with E-state index < -0.39 is 11.4 Å². The summed E-state index contributed by atoms with van der Waals surface area (Å²) in [4.78, 5) is 23.5. The number of hydrogen-bond acceptors (Lipinski definition) is 3. The van der Waals surface area contributed by atoms with Crippen LogP contribution < -0.4 is 0 Å². The van der Waals surface area contributed by atoms with Crippen molar-refractivity contribution in [3.63, 3.8) is 0 Å². The predicted molar refractivity (Wildman–Crippen MR) is 70.7 cm³/mol. The molecule has 1 heterocycles. The van der Waals surface area contributed by atoms with Gasteiger partial charge in [0.05, 0.1) is 13.2 Å². The Kier molecular flexibility index (Phi) is 4.13. The zero-order chi connectivity index (χ0) is 14.0. The molecule has 0 saturated carbocycles. The molecule has 1 saturated heterocycles. The topological polar surface area (TPSA) is 63.6 Å². The Morgan fingerprint density at radius 1 is 1.42 bits per heavy atom. The Morgan fingerprint density at radius 3 is 2.79 bits per heavy atom. The van der Waals surface area contributed by atoms with Crippen molar-refractivity contribution < 1.29 is 19.4 Å². The number of ketones is 1. The average molecular weight is 303 g/mol. The Labute approximate surface area is 120 Å². The number of benzene rings is 1. The molecule has 1 fully saturated rings. The molecule has 1 aliphatic rings. The SMILES string of the molecule is O=C(O)C1(Cc2cc(Cl)ccc2Cl)COCCC1=O. The fraction of sp³-hybridized carbons (Fsp3) is 0.385. The second-order valence-corrected chi connectivity index (χ2v) is 5.37. The second-order valence-electron chi connectivity index (χ2n) is 4.53. The van der Waals surface area contributed by atoms with Gasteiger partial charge in [-0.3, -0.25) is 9.59 Å². The minimum absolute atomic E-state index is 0.0133.